The second-order valence-electron chi connectivity index (χ2n) is 8.93. The highest BCUT2D eigenvalue weighted by molar-refractivity contribution is 6.07. The van der Waals surface area contributed by atoms with Gasteiger partial charge in [0.2, 0.25) is 5.91 Å². The van der Waals surface area contributed by atoms with Crippen LogP contribution in [0.2, 0.25) is 0 Å². The molecule has 0 fully saturated rings. The first-order valence-corrected chi connectivity index (χ1v) is 11.7. The smallest absolute Gasteiger partial charge is 0.258 e. The minimum Gasteiger partial charge on any atom is -0.376 e. The normalized spacial score (nSPS) is 15.4. The molecule has 0 aliphatic carbocycles. The van der Waals surface area contributed by atoms with Gasteiger partial charge in [0.25, 0.3) is 5.91 Å². The van der Waals surface area contributed by atoms with Gasteiger partial charge in [-0.15, -0.1) is 0 Å². The second-order valence-corrected chi connectivity index (χ2v) is 8.93. The van der Waals surface area contributed by atoms with Crippen LogP contribution in [-0.2, 0) is 4.79 Å². The molecule has 0 aromatic heterocycles. The molecule has 1 aliphatic rings. The van der Waals surface area contributed by atoms with Crippen molar-refractivity contribution in [1.29, 1.82) is 0 Å². The third kappa shape index (κ3) is 5.29. The van der Waals surface area contributed by atoms with Crippen LogP contribution in [-0.4, -0.2) is 43.9 Å². The van der Waals surface area contributed by atoms with Crippen molar-refractivity contribution >= 4 is 28.9 Å². The number of anilines is 3. The van der Waals surface area contributed by atoms with E-state index in [1.807, 2.05) is 54.3 Å². The van der Waals surface area contributed by atoms with Crippen LogP contribution >= 0.6 is 0 Å². The van der Waals surface area contributed by atoms with E-state index in [1.165, 1.54) is 5.56 Å². The number of benzene rings is 3. The summed E-state index contributed by atoms with van der Waals surface area (Å²) in [5, 5.41) is 6.05. The monoisotopic (exact) mass is 456 g/mol. The van der Waals surface area contributed by atoms with Crippen molar-refractivity contribution in [2.45, 2.75) is 25.8 Å². The van der Waals surface area contributed by atoms with Gasteiger partial charge in [-0.2, -0.15) is 0 Å². The van der Waals surface area contributed by atoms with E-state index in [9.17, 15) is 9.59 Å². The molecule has 6 nitrogen and oxygen atoms in total. The molecule has 0 bridgehead atoms. The maximum Gasteiger partial charge on any atom is 0.258 e. The summed E-state index contributed by atoms with van der Waals surface area (Å²) in [4.78, 5) is 29.9. The highest BCUT2D eigenvalue weighted by Crippen LogP contribution is 2.36. The molecule has 1 aliphatic heterocycles. The van der Waals surface area contributed by atoms with E-state index in [-0.39, 0.29) is 18.4 Å². The highest BCUT2D eigenvalue weighted by Gasteiger charge is 2.27. The van der Waals surface area contributed by atoms with Crippen LogP contribution in [0, 0.1) is 6.92 Å². The molecule has 1 heterocycles. The zero-order chi connectivity index (χ0) is 24.1. The summed E-state index contributed by atoms with van der Waals surface area (Å²) >= 11 is 0. The first kappa shape index (κ1) is 23.5. The predicted molar refractivity (Wildman–Crippen MR) is 139 cm³/mol. The van der Waals surface area contributed by atoms with Gasteiger partial charge in [-0.25, -0.2) is 0 Å². The van der Waals surface area contributed by atoms with Crippen molar-refractivity contribution in [3.63, 3.8) is 0 Å². The molecule has 2 amide bonds. The third-order valence-electron chi connectivity index (χ3n) is 6.31. The molecule has 0 saturated heterocycles. The quantitative estimate of drug-likeness (QED) is 0.542. The van der Waals surface area contributed by atoms with Crippen molar-refractivity contribution in [3.8, 4) is 0 Å². The van der Waals surface area contributed by atoms with E-state index in [1.54, 1.807) is 24.3 Å². The lowest BCUT2D eigenvalue weighted by Crippen LogP contribution is -2.31. The summed E-state index contributed by atoms with van der Waals surface area (Å²) in [7, 11) is 4.17. The molecule has 0 saturated carbocycles. The fourth-order valence-corrected chi connectivity index (χ4v) is 4.49. The fourth-order valence-electron chi connectivity index (χ4n) is 4.49. The van der Waals surface area contributed by atoms with E-state index < -0.39 is 0 Å². The Morgan fingerprint density at radius 3 is 2.41 bits per heavy atom. The predicted octanol–water partition coefficient (Wildman–Crippen LogP) is 5.09. The number of hydrogen-bond acceptors (Lipinski definition) is 4. The molecule has 0 spiro atoms. The first-order valence-electron chi connectivity index (χ1n) is 11.7. The molecule has 3 aromatic rings. The molecule has 1 unspecified atom stereocenters. The SMILES string of the molecule is Cc1ccccc1NCC(=O)Nc1ccc(C(=O)N2CCCC(N(C)C)c3ccccc32)cc1. The molecule has 0 radical (unpaired) electrons. The summed E-state index contributed by atoms with van der Waals surface area (Å²) in [6, 6.07) is 23.4. The number of fused-ring (bicyclic) bond motifs is 1. The van der Waals surface area contributed by atoms with E-state index in [4.69, 9.17) is 0 Å². The van der Waals surface area contributed by atoms with Gasteiger partial charge in [0.15, 0.2) is 0 Å². The Morgan fingerprint density at radius 2 is 1.68 bits per heavy atom. The van der Waals surface area contributed by atoms with Gasteiger partial charge in [0.1, 0.15) is 0 Å². The summed E-state index contributed by atoms with van der Waals surface area (Å²) in [6.45, 7) is 2.85. The minimum absolute atomic E-state index is 0.0223. The third-order valence-corrected chi connectivity index (χ3v) is 6.31. The van der Waals surface area contributed by atoms with Gasteiger partial charge in [0.05, 0.1) is 6.54 Å². The fraction of sp³-hybridized carbons (Fsp3) is 0.286. The van der Waals surface area contributed by atoms with Crippen molar-refractivity contribution in [3.05, 3.63) is 89.5 Å². The zero-order valence-corrected chi connectivity index (χ0v) is 20.0. The number of nitrogens with zero attached hydrogens (tertiary/aromatic N) is 2. The van der Waals surface area contributed by atoms with Crippen LogP contribution in [0.15, 0.2) is 72.8 Å². The Hall–Kier alpha value is -3.64. The first-order chi connectivity index (χ1) is 16.4. The van der Waals surface area contributed by atoms with Crippen molar-refractivity contribution in [2.24, 2.45) is 0 Å². The Bertz CT molecular complexity index is 1160. The van der Waals surface area contributed by atoms with Crippen LogP contribution in [0.25, 0.3) is 0 Å². The average molecular weight is 457 g/mol. The molecule has 34 heavy (non-hydrogen) atoms. The lowest BCUT2D eigenvalue weighted by Gasteiger charge is -2.27. The van der Waals surface area contributed by atoms with E-state index in [0.717, 1.165) is 29.8 Å². The topological polar surface area (TPSA) is 64.7 Å². The van der Waals surface area contributed by atoms with Gasteiger partial charge >= 0.3 is 0 Å². The summed E-state index contributed by atoms with van der Waals surface area (Å²) < 4.78 is 0. The van der Waals surface area contributed by atoms with Gasteiger partial charge in [-0.05, 0) is 81.4 Å². The molecule has 176 valence electrons. The number of amides is 2. The molecule has 3 aromatic carbocycles. The summed E-state index contributed by atoms with van der Waals surface area (Å²) in [6.07, 6.45) is 1.95. The number of aryl methyl sites for hydroxylation is 1. The second kappa shape index (κ2) is 10.5. The molecular weight excluding hydrogens is 424 g/mol. The molecule has 1 atom stereocenters. The largest absolute Gasteiger partial charge is 0.376 e. The van der Waals surface area contributed by atoms with Gasteiger partial charge in [0, 0.05) is 35.2 Å². The Balaban J connectivity index is 1.43. The number of rotatable bonds is 6. The standard InChI is InChI=1S/C28H32N4O2/c1-20-9-4-6-11-24(20)29-19-27(33)30-22-16-14-21(15-17-22)28(34)32-18-8-13-25(31(2)3)23-10-5-7-12-26(23)32/h4-7,9-12,14-17,25,29H,8,13,18-19H2,1-3H3,(H,30,33). The zero-order valence-electron chi connectivity index (χ0n) is 20.0. The lowest BCUT2D eigenvalue weighted by molar-refractivity contribution is -0.114. The number of nitrogens with one attached hydrogen (secondary N) is 2. The van der Waals surface area contributed by atoms with E-state index >= 15 is 0 Å². The number of carbonyl (C=O) groups excluding carboxylic acids is 2. The lowest BCUT2D eigenvalue weighted by atomic mass is 10.0. The van der Waals surface area contributed by atoms with Crippen LogP contribution in [0.1, 0.15) is 40.4 Å². The molecular formula is C28H32N4O2. The number of hydrogen-bond donors (Lipinski definition) is 2. The molecule has 4 rings (SSSR count). The number of carbonyl (C=O) groups is 2. The van der Waals surface area contributed by atoms with Gasteiger partial charge in [-0.3, -0.25) is 9.59 Å². The highest BCUT2D eigenvalue weighted by atomic mass is 16.2. The van der Waals surface area contributed by atoms with Crippen LogP contribution < -0.4 is 15.5 Å². The maximum atomic E-state index is 13.4. The Morgan fingerprint density at radius 1 is 0.971 bits per heavy atom. The van der Waals surface area contributed by atoms with Crippen molar-refractivity contribution in [2.75, 3.05) is 42.7 Å². The van der Waals surface area contributed by atoms with E-state index in [0.29, 0.717) is 23.8 Å². The van der Waals surface area contributed by atoms with Gasteiger partial charge in [-0.1, -0.05) is 36.4 Å². The Kier molecular flexibility index (Phi) is 7.28. The Labute approximate surface area is 201 Å². The summed E-state index contributed by atoms with van der Waals surface area (Å²) in [5.74, 6) is -0.163. The van der Waals surface area contributed by atoms with Gasteiger partial charge < -0.3 is 20.4 Å². The molecule has 6 heteroatoms. The minimum atomic E-state index is -0.140. The van der Waals surface area contributed by atoms with Crippen molar-refractivity contribution < 1.29 is 9.59 Å². The van der Waals surface area contributed by atoms with Crippen molar-refractivity contribution in [1.82, 2.24) is 4.90 Å². The maximum absolute atomic E-state index is 13.4. The summed E-state index contributed by atoms with van der Waals surface area (Å²) in [5.41, 5.74) is 5.45. The van der Waals surface area contributed by atoms with Crippen LogP contribution in [0.5, 0.6) is 0 Å². The van der Waals surface area contributed by atoms with Crippen LogP contribution in [0.4, 0.5) is 17.1 Å². The number of para-hydroxylation sites is 2. The van der Waals surface area contributed by atoms with Crippen LogP contribution in [0.3, 0.4) is 0 Å². The van der Waals surface area contributed by atoms with E-state index in [2.05, 4.69) is 35.7 Å². The molecule has 2 N–H and O–H groups in total. The average Bonchev–Trinajstić information content (AvgIpc) is 3.03.